The standard InChI is InChI=1S/C22H23N5O3/c28-20(11-10-18-8-5-13-30-18)23-15-21(29)24-17-7-4-6-16(14-17)22-26-25-19-9-2-1-3-12-27(19)22/h4-8,10-11,13-14H,1-3,9,12,15H2,(H,23,28)(H,24,29)/b11-10+. The average molecular weight is 405 g/mol. The number of aryl methyl sites for hydroxylation is 1. The number of hydrogen-bond donors (Lipinski definition) is 2. The Hall–Kier alpha value is -3.68. The van der Waals surface area contributed by atoms with Gasteiger partial charge in [0.25, 0.3) is 0 Å². The molecule has 0 atom stereocenters. The second kappa shape index (κ2) is 9.21. The van der Waals surface area contributed by atoms with Crippen LogP contribution in [0.3, 0.4) is 0 Å². The molecule has 0 aliphatic carbocycles. The van der Waals surface area contributed by atoms with E-state index in [4.69, 9.17) is 4.42 Å². The van der Waals surface area contributed by atoms with Crippen LogP contribution in [0.25, 0.3) is 17.5 Å². The SMILES string of the molecule is O=C(/C=C/c1ccco1)NCC(=O)Nc1cccc(-c2nnc3n2CCCCC3)c1. The zero-order valence-corrected chi connectivity index (χ0v) is 16.5. The van der Waals surface area contributed by atoms with E-state index < -0.39 is 0 Å². The Morgan fingerprint density at radius 1 is 1.13 bits per heavy atom. The summed E-state index contributed by atoms with van der Waals surface area (Å²) in [6.07, 6.45) is 8.77. The van der Waals surface area contributed by atoms with E-state index in [0.717, 1.165) is 43.0 Å². The maximum absolute atomic E-state index is 12.2. The Balaban J connectivity index is 1.36. The van der Waals surface area contributed by atoms with Crippen LogP contribution in [0, 0.1) is 0 Å². The number of benzene rings is 1. The van der Waals surface area contributed by atoms with E-state index in [9.17, 15) is 9.59 Å². The average Bonchev–Trinajstić information content (AvgIpc) is 3.36. The van der Waals surface area contributed by atoms with Crippen LogP contribution in [0.4, 0.5) is 5.69 Å². The molecule has 2 amide bonds. The largest absolute Gasteiger partial charge is 0.465 e. The van der Waals surface area contributed by atoms with Gasteiger partial charge in [0.1, 0.15) is 11.6 Å². The smallest absolute Gasteiger partial charge is 0.244 e. The van der Waals surface area contributed by atoms with Gasteiger partial charge in [-0.15, -0.1) is 10.2 Å². The number of rotatable bonds is 6. The Morgan fingerprint density at radius 2 is 2.07 bits per heavy atom. The second-order valence-corrected chi connectivity index (χ2v) is 7.10. The summed E-state index contributed by atoms with van der Waals surface area (Å²) >= 11 is 0. The Labute approximate surface area is 174 Å². The van der Waals surface area contributed by atoms with Crippen molar-refractivity contribution in [2.45, 2.75) is 32.2 Å². The van der Waals surface area contributed by atoms with Crippen LogP contribution in [0.2, 0.25) is 0 Å². The number of anilines is 1. The van der Waals surface area contributed by atoms with Gasteiger partial charge in [0.05, 0.1) is 12.8 Å². The lowest BCUT2D eigenvalue weighted by molar-refractivity contribution is -0.121. The zero-order chi connectivity index (χ0) is 20.8. The number of carbonyl (C=O) groups is 2. The number of hydrogen-bond acceptors (Lipinski definition) is 5. The fourth-order valence-corrected chi connectivity index (χ4v) is 3.41. The third-order valence-corrected chi connectivity index (χ3v) is 4.88. The van der Waals surface area contributed by atoms with Gasteiger partial charge in [-0.2, -0.15) is 0 Å². The van der Waals surface area contributed by atoms with Crippen molar-refractivity contribution in [1.29, 1.82) is 0 Å². The molecule has 0 saturated carbocycles. The van der Waals surface area contributed by atoms with Crippen LogP contribution in [-0.2, 0) is 22.6 Å². The number of furan rings is 1. The number of fused-ring (bicyclic) bond motifs is 1. The van der Waals surface area contributed by atoms with Crippen molar-refractivity contribution >= 4 is 23.6 Å². The van der Waals surface area contributed by atoms with E-state index in [2.05, 4.69) is 25.4 Å². The molecule has 154 valence electrons. The minimum atomic E-state index is -0.374. The van der Waals surface area contributed by atoms with Crippen molar-refractivity contribution in [2.24, 2.45) is 0 Å². The first kappa shape index (κ1) is 19.6. The lowest BCUT2D eigenvalue weighted by Gasteiger charge is -2.09. The first-order valence-corrected chi connectivity index (χ1v) is 10.0. The van der Waals surface area contributed by atoms with Crippen molar-refractivity contribution < 1.29 is 14.0 Å². The van der Waals surface area contributed by atoms with Crippen molar-refractivity contribution in [1.82, 2.24) is 20.1 Å². The number of aromatic nitrogens is 3. The van der Waals surface area contributed by atoms with Crippen molar-refractivity contribution in [3.63, 3.8) is 0 Å². The summed E-state index contributed by atoms with van der Waals surface area (Å²) in [7, 11) is 0. The van der Waals surface area contributed by atoms with Crippen LogP contribution < -0.4 is 10.6 Å². The van der Waals surface area contributed by atoms with Crippen LogP contribution in [0.1, 0.15) is 30.8 Å². The maximum atomic E-state index is 12.2. The van der Waals surface area contributed by atoms with Crippen LogP contribution >= 0.6 is 0 Å². The van der Waals surface area contributed by atoms with E-state index in [1.54, 1.807) is 18.2 Å². The molecule has 1 aliphatic rings. The van der Waals surface area contributed by atoms with Crippen LogP contribution in [0.15, 0.2) is 53.2 Å². The molecule has 4 rings (SSSR count). The molecule has 3 heterocycles. The molecule has 3 aromatic rings. The number of amides is 2. The third kappa shape index (κ3) is 4.83. The molecule has 0 spiro atoms. The molecule has 8 heteroatoms. The van der Waals surface area contributed by atoms with Gasteiger partial charge >= 0.3 is 0 Å². The molecule has 0 unspecified atom stereocenters. The summed E-state index contributed by atoms with van der Waals surface area (Å²) in [5.41, 5.74) is 1.54. The van der Waals surface area contributed by atoms with Crippen LogP contribution in [-0.4, -0.2) is 33.1 Å². The van der Waals surface area contributed by atoms with Gasteiger partial charge in [0, 0.05) is 30.3 Å². The molecule has 8 nitrogen and oxygen atoms in total. The number of carbonyl (C=O) groups excluding carboxylic acids is 2. The van der Waals surface area contributed by atoms with Gasteiger partial charge in [-0.3, -0.25) is 9.59 Å². The molecule has 1 aromatic carbocycles. The van der Waals surface area contributed by atoms with Crippen LogP contribution in [0.5, 0.6) is 0 Å². The normalized spacial score (nSPS) is 13.6. The predicted molar refractivity (Wildman–Crippen MR) is 112 cm³/mol. The lowest BCUT2D eigenvalue weighted by Crippen LogP contribution is -2.31. The van der Waals surface area contributed by atoms with E-state index in [1.165, 1.54) is 24.8 Å². The van der Waals surface area contributed by atoms with Gasteiger partial charge in [0.2, 0.25) is 11.8 Å². The minimum Gasteiger partial charge on any atom is -0.465 e. The van der Waals surface area contributed by atoms with Crippen molar-refractivity contribution in [2.75, 3.05) is 11.9 Å². The molecule has 2 aromatic heterocycles. The summed E-state index contributed by atoms with van der Waals surface area (Å²) < 4.78 is 7.28. The number of nitrogens with zero attached hydrogens (tertiary/aromatic N) is 3. The Morgan fingerprint density at radius 3 is 2.93 bits per heavy atom. The molecule has 0 radical (unpaired) electrons. The number of nitrogens with one attached hydrogen (secondary N) is 2. The molecule has 1 aliphatic heterocycles. The monoisotopic (exact) mass is 405 g/mol. The van der Waals surface area contributed by atoms with Gasteiger partial charge in [-0.25, -0.2) is 0 Å². The first-order chi connectivity index (χ1) is 14.7. The highest BCUT2D eigenvalue weighted by molar-refractivity contribution is 5.98. The molecule has 0 fully saturated rings. The van der Waals surface area contributed by atoms with Crippen molar-refractivity contribution in [3.8, 4) is 11.4 Å². The Kier molecular flexibility index (Phi) is 6.03. The first-order valence-electron chi connectivity index (χ1n) is 10.0. The third-order valence-electron chi connectivity index (χ3n) is 4.88. The molecular weight excluding hydrogens is 382 g/mol. The summed E-state index contributed by atoms with van der Waals surface area (Å²) in [4.78, 5) is 24.1. The maximum Gasteiger partial charge on any atom is 0.244 e. The quantitative estimate of drug-likeness (QED) is 0.614. The molecule has 0 saturated heterocycles. The molecule has 2 N–H and O–H groups in total. The topological polar surface area (TPSA) is 102 Å². The van der Waals surface area contributed by atoms with E-state index in [0.29, 0.717) is 11.4 Å². The van der Waals surface area contributed by atoms with E-state index >= 15 is 0 Å². The highest BCUT2D eigenvalue weighted by atomic mass is 16.3. The summed E-state index contributed by atoms with van der Waals surface area (Å²) in [6, 6.07) is 11.0. The predicted octanol–water partition coefficient (Wildman–Crippen LogP) is 3.03. The highest BCUT2D eigenvalue weighted by Gasteiger charge is 2.16. The summed E-state index contributed by atoms with van der Waals surface area (Å²) in [5, 5.41) is 14.0. The molecule has 0 bridgehead atoms. The van der Waals surface area contributed by atoms with Gasteiger partial charge in [0.15, 0.2) is 5.82 Å². The highest BCUT2D eigenvalue weighted by Crippen LogP contribution is 2.24. The minimum absolute atomic E-state index is 0.133. The lowest BCUT2D eigenvalue weighted by atomic mass is 10.2. The van der Waals surface area contributed by atoms with Gasteiger partial charge in [-0.1, -0.05) is 18.6 Å². The van der Waals surface area contributed by atoms with E-state index in [1.807, 2.05) is 18.2 Å². The second-order valence-electron chi connectivity index (χ2n) is 7.10. The molecule has 30 heavy (non-hydrogen) atoms. The zero-order valence-electron chi connectivity index (χ0n) is 16.5. The van der Waals surface area contributed by atoms with E-state index in [-0.39, 0.29) is 18.4 Å². The fraction of sp³-hybridized carbons (Fsp3) is 0.273. The summed E-state index contributed by atoms with van der Waals surface area (Å²) in [5.74, 6) is 1.72. The summed E-state index contributed by atoms with van der Waals surface area (Å²) in [6.45, 7) is 0.775. The van der Waals surface area contributed by atoms with Gasteiger partial charge in [-0.05, 0) is 43.2 Å². The van der Waals surface area contributed by atoms with Gasteiger partial charge < -0.3 is 19.6 Å². The van der Waals surface area contributed by atoms with Crippen molar-refractivity contribution in [3.05, 3.63) is 60.3 Å². The fourth-order valence-electron chi connectivity index (χ4n) is 3.41. The Bertz CT molecular complexity index is 1050. The molecular formula is C22H23N5O3.